The zero-order chi connectivity index (χ0) is 27.4. The summed E-state index contributed by atoms with van der Waals surface area (Å²) in [5.74, 6) is -1.63. The van der Waals surface area contributed by atoms with Crippen LogP contribution < -0.4 is 0 Å². The fraction of sp³-hybridized carbons (Fsp3) is 0.742. The quantitative estimate of drug-likeness (QED) is 0.495. The summed E-state index contributed by atoms with van der Waals surface area (Å²) < 4.78 is 5.33. The predicted molar refractivity (Wildman–Crippen MR) is 138 cm³/mol. The summed E-state index contributed by atoms with van der Waals surface area (Å²) in [6, 6.07) is 2.10. The number of carbonyl (C=O) groups excluding carboxylic acids is 3. The summed E-state index contributed by atoms with van der Waals surface area (Å²) in [6.45, 7) is 12.5. The molecule has 0 aromatic carbocycles. The molecule has 0 aromatic rings. The number of rotatable bonds is 1. The first-order chi connectivity index (χ1) is 17.1. The third kappa shape index (κ3) is 2.93. The van der Waals surface area contributed by atoms with Crippen molar-refractivity contribution < 1.29 is 24.2 Å². The van der Waals surface area contributed by atoms with Crippen LogP contribution in [0.1, 0.15) is 86.5 Å². The van der Waals surface area contributed by atoms with Gasteiger partial charge in [-0.05, 0) is 73.3 Å². The van der Waals surface area contributed by atoms with Gasteiger partial charge in [0.2, 0.25) is 0 Å². The molecule has 0 heterocycles. The SMILES string of the molecule is COC(=O)[C@]12CCC(C)(C)CC1[C@@]1(O)C(=O)C=C3[C@@]4(C)C=C(C#N)C(=O)[C@@H](C)C4CC[C@@]3(C)[C@]1(C)CC2. The molecule has 3 fully saturated rings. The van der Waals surface area contributed by atoms with Crippen molar-refractivity contribution in [2.45, 2.75) is 92.1 Å². The van der Waals surface area contributed by atoms with Crippen LogP contribution in [-0.4, -0.2) is 35.4 Å². The third-order valence-electron chi connectivity index (χ3n) is 12.3. The minimum absolute atomic E-state index is 0.00891. The van der Waals surface area contributed by atoms with Gasteiger partial charge in [0.25, 0.3) is 0 Å². The molecular formula is C31H41NO5. The number of nitriles is 1. The number of Topliss-reactive ketones (excluding diaryl/α,β-unsaturated/α-hetero) is 1. The van der Waals surface area contributed by atoms with E-state index in [9.17, 15) is 24.8 Å². The highest BCUT2D eigenvalue weighted by Gasteiger charge is 2.76. The van der Waals surface area contributed by atoms with Crippen molar-refractivity contribution in [3.05, 3.63) is 23.3 Å². The second-order valence-corrected chi connectivity index (χ2v) is 14.2. The van der Waals surface area contributed by atoms with Crippen LogP contribution in [0, 0.1) is 56.2 Å². The van der Waals surface area contributed by atoms with Gasteiger partial charge >= 0.3 is 5.97 Å². The Balaban J connectivity index is 1.74. The number of ether oxygens (including phenoxy) is 1. The van der Waals surface area contributed by atoms with Crippen LogP contribution in [0.3, 0.4) is 0 Å². The fourth-order valence-corrected chi connectivity index (χ4v) is 9.81. The van der Waals surface area contributed by atoms with Gasteiger partial charge in [-0.15, -0.1) is 0 Å². The highest BCUT2D eigenvalue weighted by Crippen LogP contribution is 2.75. The molecule has 5 aliphatic rings. The number of allylic oxidation sites excluding steroid dienone is 3. The average Bonchev–Trinajstić information content (AvgIpc) is 2.84. The Labute approximate surface area is 220 Å². The lowest BCUT2D eigenvalue weighted by Crippen LogP contribution is -2.74. The summed E-state index contributed by atoms with van der Waals surface area (Å²) in [5.41, 5.74) is -3.59. The van der Waals surface area contributed by atoms with Gasteiger partial charge in [0, 0.05) is 22.7 Å². The van der Waals surface area contributed by atoms with Crippen molar-refractivity contribution in [2.75, 3.05) is 7.11 Å². The molecule has 37 heavy (non-hydrogen) atoms. The smallest absolute Gasteiger partial charge is 0.312 e. The van der Waals surface area contributed by atoms with Gasteiger partial charge < -0.3 is 9.84 Å². The number of esters is 1. The first kappa shape index (κ1) is 26.4. The number of methoxy groups -OCH3 is 1. The number of hydrogen-bond donors (Lipinski definition) is 1. The van der Waals surface area contributed by atoms with Gasteiger partial charge in [-0.2, -0.15) is 5.26 Å². The van der Waals surface area contributed by atoms with Gasteiger partial charge in [0.1, 0.15) is 11.7 Å². The zero-order valence-corrected chi connectivity index (χ0v) is 23.4. The first-order valence-corrected chi connectivity index (χ1v) is 13.8. The van der Waals surface area contributed by atoms with E-state index in [2.05, 4.69) is 40.7 Å². The molecule has 1 N–H and O–H groups in total. The molecule has 0 saturated heterocycles. The van der Waals surface area contributed by atoms with Gasteiger partial charge in [-0.3, -0.25) is 14.4 Å². The number of carbonyl (C=O) groups is 3. The maximum atomic E-state index is 14.4. The molecular weight excluding hydrogens is 466 g/mol. The summed E-state index contributed by atoms with van der Waals surface area (Å²) in [6.07, 6.45) is 8.07. The molecule has 2 unspecified atom stereocenters. The number of hydrogen-bond acceptors (Lipinski definition) is 6. The van der Waals surface area contributed by atoms with Crippen LogP contribution >= 0.6 is 0 Å². The van der Waals surface area contributed by atoms with Crippen LogP contribution in [0.5, 0.6) is 0 Å². The number of fused-ring (bicyclic) bond motifs is 7. The summed E-state index contributed by atoms with van der Waals surface area (Å²) in [7, 11) is 1.40. The van der Waals surface area contributed by atoms with E-state index in [4.69, 9.17) is 4.74 Å². The van der Waals surface area contributed by atoms with E-state index < -0.39 is 33.2 Å². The zero-order valence-electron chi connectivity index (χ0n) is 23.4. The van der Waals surface area contributed by atoms with Gasteiger partial charge in [0.05, 0.1) is 18.1 Å². The van der Waals surface area contributed by atoms with E-state index in [-0.39, 0.29) is 40.4 Å². The Hall–Kier alpha value is -2.26. The number of ketones is 2. The van der Waals surface area contributed by atoms with Gasteiger partial charge in [-0.1, -0.05) is 47.6 Å². The Morgan fingerprint density at radius 3 is 2.35 bits per heavy atom. The van der Waals surface area contributed by atoms with Crippen molar-refractivity contribution in [1.29, 1.82) is 5.26 Å². The van der Waals surface area contributed by atoms with Crippen LogP contribution in [0.2, 0.25) is 0 Å². The van der Waals surface area contributed by atoms with Crippen molar-refractivity contribution in [3.63, 3.8) is 0 Å². The summed E-state index contributed by atoms with van der Waals surface area (Å²) >= 11 is 0. The minimum atomic E-state index is -1.71. The number of aliphatic hydroxyl groups is 1. The first-order valence-electron chi connectivity index (χ1n) is 13.8. The van der Waals surface area contributed by atoms with E-state index in [0.717, 1.165) is 24.8 Å². The largest absolute Gasteiger partial charge is 0.469 e. The standard InChI is InChI=1S/C31H41NO5/c1-18-20-8-9-28(5)21(27(20,4)15-19(17-32)24(18)34)14-23(33)31(36)22-16-26(2,3)10-12-30(22,25(35)37-7)13-11-29(28,31)6/h14-15,18,20,22,36H,8-13,16H2,1-7H3/t18-,20?,22?,27-,28+,29-,30-,31+/m0/s1. The molecule has 0 aromatic heterocycles. The van der Waals surface area contributed by atoms with E-state index in [1.807, 2.05) is 6.92 Å². The van der Waals surface area contributed by atoms with Crippen molar-refractivity contribution >= 4 is 17.5 Å². The maximum absolute atomic E-state index is 14.4. The molecule has 200 valence electrons. The molecule has 6 nitrogen and oxygen atoms in total. The molecule has 6 heteroatoms. The molecule has 8 atom stereocenters. The van der Waals surface area contributed by atoms with Crippen molar-refractivity contribution in [2.24, 2.45) is 44.8 Å². The average molecular weight is 508 g/mol. The van der Waals surface area contributed by atoms with Crippen molar-refractivity contribution in [3.8, 4) is 6.07 Å². The summed E-state index contributed by atoms with van der Waals surface area (Å²) in [5, 5.41) is 22.6. The second-order valence-electron chi connectivity index (χ2n) is 14.2. The molecule has 0 radical (unpaired) electrons. The predicted octanol–water partition coefficient (Wildman–Crippen LogP) is 5.10. The molecule has 0 bridgehead atoms. The van der Waals surface area contributed by atoms with Crippen LogP contribution in [0.4, 0.5) is 0 Å². The van der Waals surface area contributed by atoms with E-state index in [1.54, 1.807) is 12.2 Å². The monoisotopic (exact) mass is 507 g/mol. The Morgan fingerprint density at radius 2 is 1.73 bits per heavy atom. The number of nitrogens with zero attached hydrogens (tertiary/aromatic N) is 1. The maximum Gasteiger partial charge on any atom is 0.312 e. The van der Waals surface area contributed by atoms with E-state index in [0.29, 0.717) is 25.7 Å². The minimum Gasteiger partial charge on any atom is -0.469 e. The Bertz CT molecular complexity index is 1210. The van der Waals surface area contributed by atoms with Gasteiger partial charge in [-0.25, -0.2) is 0 Å². The van der Waals surface area contributed by atoms with Crippen LogP contribution in [-0.2, 0) is 19.1 Å². The third-order valence-corrected chi connectivity index (χ3v) is 12.3. The van der Waals surface area contributed by atoms with Crippen LogP contribution in [0.25, 0.3) is 0 Å². The lowest BCUT2D eigenvalue weighted by molar-refractivity contribution is -0.247. The van der Waals surface area contributed by atoms with E-state index in [1.165, 1.54) is 7.11 Å². The molecule has 0 amide bonds. The van der Waals surface area contributed by atoms with Gasteiger partial charge in [0.15, 0.2) is 11.6 Å². The molecule has 0 aliphatic heterocycles. The normalized spacial score (nSPS) is 48.2. The highest BCUT2D eigenvalue weighted by atomic mass is 16.5. The molecule has 3 saturated carbocycles. The lowest BCUT2D eigenvalue weighted by atomic mass is 9.33. The molecule has 0 spiro atoms. The summed E-state index contributed by atoms with van der Waals surface area (Å²) in [4.78, 5) is 40.6. The lowest BCUT2D eigenvalue weighted by Gasteiger charge is -2.70. The Kier molecular flexibility index (Phi) is 5.45. The van der Waals surface area contributed by atoms with Crippen molar-refractivity contribution in [1.82, 2.24) is 0 Å². The second kappa shape index (κ2) is 7.65. The van der Waals surface area contributed by atoms with Crippen LogP contribution in [0.15, 0.2) is 23.3 Å². The molecule has 5 aliphatic carbocycles. The topological polar surface area (TPSA) is 104 Å². The van der Waals surface area contributed by atoms with E-state index >= 15 is 0 Å². The fourth-order valence-electron chi connectivity index (χ4n) is 9.81. The molecule has 5 rings (SSSR count). The Morgan fingerprint density at radius 1 is 1.08 bits per heavy atom. The highest BCUT2D eigenvalue weighted by molar-refractivity contribution is 6.04.